The topological polar surface area (TPSA) is 80.0 Å². The van der Waals surface area contributed by atoms with E-state index in [-0.39, 0.29) is 6.03 Å². The van der Waals surface area contributed by atoms with Crippen molar-refractivity contribution >= 4 is 11.8 Å². The van der Waals surface area contributed by atoms with Crippen LogP contribution in [-0.2, 0) is 19.4 Å². The van der Waals surface area contributed by atoms with E-state index < -0.39 is 0 Å². The summed E-state index contributed by atoms with van der Waals surface area (Å²) in [5.41, 5.74) is 3.79. The highest BCUT2D eigenvalue weighted by molar-refractivity contribution is 5.88. The number of aryl methyl sites for hydroxylation is 4. The number of nitrogens with zero attached hydrogens (tertiary/aromatic N) is 2. The highest BCUT2D eigenvalue weighted by Crippen LogP contribution is 2.15. The largest absolute Gasteiger partial charge is 0.361 e. The van der Waals surface area contributed by atoms with Crippen LogP contribution in [0.1, 0.15) is 42.1 Å². The number of aromatic nitrogens is 2. The summed E-state index contributed by atoms with van der Waals surface area (Å²) < 4.78 is 5.28. The maximum atomic E-state index is 12.0. The minimum atomic E-state index is -0.289. The Morgan fingerprint density at radius 1 is 1.23 bits per heavy atom. The Bertz CT molecular complexity index is 622. The fourth-order valence-corrected chi connectivity index (χ4v) is 2.37. The first kappa shape index (κ1) is 16.0. The van der Waals surface area contributed by atoms with Crippen molar-refractivity contribution in [1.82, 2.24) is 15.5 Å². The molecule has 6 heteroatoms. The molecule has 0 saturated carbocycles. The maximum absolute atomic E-state index is 12.0. The van der Waals surface area contributed by atoms with Gasteiger partial charge in [-0.1, -0.05) is 19.0 Å². The zero-order valence-corrected chi connectivity index (χ0v) is 13.5. The third kappa shape index (κ3) is 3.84. The van der Waals surface area contributed by atoms with Crippen molar-refractivity contribution in [3.05, 3.63) is 40.4 Å². The van der Waals surface area contributed by atoms with Gasteiger partial charge in [-0.2, -0.15) is 0 Å². The molecule has 0 radical (unpaired) electrons. The van der Waals surface area contributed by atoms with Gasteiger partial charge in [-0.3, -0.25) is 5.32 Å². The molecule has 2 N–H and O–H groups in total. The van der Waals surface area contributed by atoms with Gasteiger partial charge in [0.15, 0.2) is 0 Å². The van der Waals surface area contributed by atoms with E-state index in [9.17, 15) is 4.79 Å². The molecule has 0 aromatic carbocycles. The Balaban J connectivity index is 1.99. The molecule has 0 bridgehead atoms. The van der Waals surface area contributed by atoms with E-state index in [4.69, 9.17) is 4.52 Å². The molecule has 0 saturated heterocycles. The summed E-state index contributed by atoms with van der Waals surface area (Å²) in [6.07, 6.45) is 1.53. The van der Waals surface area contributed by atoms with E-state index in [1.165, 1.54) is 0 Å². The lowest BCUT2D eigenvalue weighted by molar-refractivity contribution is 0.251. The van der Waals surface area contributed by atoms with Gasteiger partial charge < -0.3 is 9.84 Å². The number of hydrogen-bond donors (Lipinski definition) is 2. The van der Waals surface area contributed by atoms with Gasteiger partial charge in [0.1, 0.15) is 11.6 Å². The predicted molar refractivity (Wildman–Crippen MR) is 84.8 cm³/mol. The van der Waals surface area contributed by atoms with Crippen molar-refractivity contribution in [2.75, 3.05) is 5.32 Å². The Morgan fingerprint density at radius 2 is 2.00 bits per heavy atom. The molecule has 22 heavy (non-hydrogen) atoms. The van der Waals surface area contributed by atoms with Crippen LogP contribution in [0.2, 0.25) is 0 Å². The molecule has 2 heterocycles. The van der Waals surface area contributed by atoms with E-state index in [2.05, 4.69) is 20.8 Å². The van der Waals surface area contributed by atoms with Crippen LogP contribution in [0.25, 0.3) is 0 Å². The highest BCUT2D eigenvalue weighted by Gasteiger charge is 2.14. The monoisotopic (exact) mass is 302 g/mol. The van der Waals surface area contributed by atoms with Crippen LogP contribution in [0.5, 0.6) is 0 Å². The van der Waals surface area contributed by atoms with Gasteiger partial charge in [0.2, 0.25) is 0 Å². The second kappa shape index (κ2) is 7.06. The van der Waals surface area contributed by atoms with Crippen LogP contribution in [0.3, 0.4) is 0 Å². The van der Waals surface area contributed by atoms with Gasteiger partial charge in [-0.25, -0.2) is 9.78 Å². The molecular formula is C16H22N4O2. The molecule has 118 valence electrons. The summed E-state index contributed by atoms with van der Waals surface area (Å²) in [7, 11) is 0. The van der Waals surface area contributed by atoms with Gasteiger partial charge >= 0.3 is 6.03 Å². The molecule has 2 aromatic heterocycles. The Hall–Kier alpha value is -2.37. The van der Waals surface area contributed by atoms with Crippen molar-refractivity contribution in [2.24, 2.45) is 0 Å². The van der Waals surface area contributed by atoms with E-state index in [1.807, 2.05) is 39.8 Å². The van der Waals surface area contributed by atoms with Crippen LogP contribution in [0.15, 0.2) is 16.7 Å². The summed E-state index contributed by atoms with van der Waals surface area (Å²) in [4.78, 5) is 16.3. The average Bonchev–Trinajstić information content (AvgIpc) is 2.85. The highest BCUT2D eigenvalue weighted by atomic mass is 16.5. The van der Waals surface area contributed by atoms with E-state index in [0.717, 1.165) is 41.1 Å². The van der Waals surface area contributed by atoms with Crippen LogP contribution in [0.4, 0.5) is 10.6 Å². The maximum Gasteiger partial charge on any atom is 0.320 e. The molecule has 0 unspecified atom stereocenters. The zero-order valence-electron chi connectivity index (χ0n) is 13.5. The summed E-state index contributed by atoms with van der Waals surface area (Å²) in [5.74, 6) is 1.37. The number of amides is 2. The predicted octanol–water partition coefficient (Wildman–Crippen LogP) is 3.13. The molecule has 0 aliphatic rings. The molecule has 0 aliphatic heterocycles. The lowest BCUT2D eigenvalue weighted by Gasteiger charge is -2.09. The summed E-state index contributed by atoms with van der Waals surface area (Å²) >= 11 is 0. The number of urea groups is 1. The second-order valence-electron chi connectivity index (χ2n) is 5.22. The SMILES string of the molecule is CCc1noc(CC)c1CNC(=O)Nc1cc(C)cc(C)n1. The Kier molecular flexibility index (Phi) is 5.14. The van der Waals surface area contributed by atoms with Gasteiger partial charge in [-0.05, 0) is 38.0 Å². The van der Waals surface area contributed by atoms with Gasteiger partial charge in [0.25, 0.3) is 0 Å². The number of pyridine rings is 1. The van der Waals surface area contributed by atoms with Crippen molar-refractivity contribution in [3.8, 4) is 0 Å². The number of rotatable bonds is 5. The number of nitrogens with one attached hydrogen (secondary N) is 2. The van der Waals surface area contributed by atoms with Crippen LogP contribution in [0, 0.1) is 13.8 Å². The van der Waals surface area contributed by atoms with E-state index in [0.29, 0.717) is 12.4 Å². The molecule has 0 spiro atoms. The lowest BCUT2D eigenvalue weighted by atomic mass is 10.1. The van der Waals surface area contributed by atoms with Crippen LogP contribution in [-0.4, -0.2) is 16.2 Å². The van der Waals surface area contributed by atoms with E-state index >= 15 is 0 Å². The summed E-state index contributed by atoms with van der Waals surface area (Å²) in [5, 5.41) is 9.61. The molecule has 2 aromatic rings. The van der Waals surface area contributed by atoms with Crippen molar-refractivity contribution in [3.63, 3.8) is 0 Å². The molecule has 2 amide bonds. The summed E-state index contributed by atoms with van der Waals surface area (Å²) in [6, 6.07) is 3.50. The molecular weight excluding hydrogens is 280 g/mol. The first-order chi connectivity index (χ1) is 10.5. The third-order valence-electron chi connectivity index (χ3n) is 3.37. The second-order valence-corrected chi connectivity index (χ2v) is 5.22. The minimum absolute atomic E-state index is 0.289. The van der Waals surface area contributed by atoms with Gasteiger partial charge in [0.05, 0.1) is 5.69 Å². The molecule has 0 atom stereocenters. The smallest absolute Gasteiger partial charge is 0.320 e. The van der Waals surface area contributed by atoms with Crippen molar-refractivity contribution < 1.29 is 9.32 Å². The first-order valence-corrected chi connectivity index (χ1v) is 7.49. The Labute approximate surface area is 130 Å². The van der Waals surface area contributed by atoms with Gasteiger partial charge in [-0.15, -0.1) is 0 Å². The normalized spacial score (nSPS) is 10.5. The fraction of sp³-hybridized carbons (Fsp3) is 0.438. The van der Waals surface area contributed by atoms with Crippen LogP contribution < -0.4 is 10.6 Å². The van der Waals surface area contributed by atoms with Crippen molar-refractivity contribution in [1.29, 1.82) is 0 Å². The number of carbonyl (C=O) groups excluding carboxylic acids is 1. The third-order valence-corrected chi connectivity index (χ3v) is 3.37. The number of carbonyl (C=O) groups is 1. The standard InChI is InChI=1S/C16H22N4O2/c1-5-13-12(14(6-2)22-20-13)9-17-16(21)19-15-8-10(3)7-11(4)18-15/h7-8H,5-6,9H2,1-4H3,(H2,17,18,19,21). The first-order valence-electron chi connectivity index (χ1n) is 7.49. The lowest BCUT2D eigenvalue weighted by Crippen LogP contribution is -2.29. The molecule has 6 nitrogen and oxygen atoms in total. The van der Waals surface area contributed by atoms with Gasteiger partial charge in [0, 0.05) is 24.2 Å². The fourth-order valence-electron chi connectivity index (χ4n) is 2.37. The molecule has 2 rings (SSSR count). The van der Waals surface area contributed by atoms with Crippen LogP contribution >= 0.6 is 0 Å². The number of anilines is 1. The summed E-state index contributed by atoms with van der Waals surface area (Å²) in [6.45, 7) is 8.28. The zero-order chi connectivity index (χ0) is 16.1. The molecule has 0 fully saturated rings. The Morgan fingerprint density at radius 3 is 2.64 bits per heavy atom. The minimum Gasteiger partial charge on any atom is -0.361 e. The van der Waals surface area contributed by atoms with Crippen molar-refractivity contribution in [2.45, 2.75) is 47.1 Å². The number of hydrogen-bond acceptors (Lipinski definition) is 4. The quantitative estimate of drug-likeness (QED) is 0.889. The van der Waals surface area contributed by atoms with E-state index in [1.54, 1.807) is 0 Å². The molecule has 0 aliphatic carbocycles. The average molecular weight is 302 g/mol.